The molecule has 146 valence electrons. The summed E-state index contributed by atoms with van der Waals surface area (Å²) in [6, 6.07) is 16.7. The molecule has 1 saturated carbocycles. The monoisotopic (exact) mass is 394 g/mol. The number of fused-ring (bicyclic) bond motifs is 1. The molecular weight excluding hydrogens is 368 g/mol. The van der Waals surface area contributed by atoms with Gasteiger partial charge in [-0.2, -0.15) is 0 Å². The molecule has 0 saturated heterocycles. The van der Waals surface area contributed by atoms with Crippen molar-refractivity contribution in [3.05, 3.63) is 59.7 Å². The first-order valence-electron chi connectivity index (χ1n) is 9.93. The molecule has 1 aliphatic carbocycles. The summed E-state index contributed by atoms with van der Waals surface area (Å²) >= 11 is 1.54. The molecule has 4 rings (SSSR count). The van der Waals surface area contributed by atoms with Crippen LogP contribution >= 0.6 is 11.8 Å². The third-order valence-electron chi connectivity index (χ3n) is 5.41. The second kappa shape index (κ2) is 8.00. The van der Waals surface area contributed by atoms with Crippen molar-refractivity contribution < 1.29 is 9.59 Å². The van der Waals surface area contributed by atoms with Gasteiger partial charge in [-0.15, -0.1) is 11.8 Å². The van der Waals surface area contributed by atoms with Crippen molar-refractivity contribution in [1.29, 1.82) is 0 Å². The van der Waals surface area contributed by atoms with Crippen LogP contribution in [-0.2, 0) is 16.1 Å². The van der Waals surface area contributed by atoms with Crippen LogP contribution in [0, 0.1) is 0 Å². The molecule has 2 amide bonds. The first kappa shape index (κ1) is 19.1. The van der Waals surface area contributed by atoms with Gasteiger partial charge in [0.1, 0.15) is 6.54 Å². The van der Waals surface area contributed by atoms with E-state index in [1.807, 2.05) is 29.2 Å². The maximum absolute atomic E-state index is 13.2. The first-order chi connectivity index (χ1) is 13.5. The van der Waals surface area contributed by atoms with Gasteiger partial charge in [-0.3, -0.25) is 9.59 Å². The van der Waals surface area contributed by atoms with Gasteiger partial charge in [0.2, 0.25) is 11.8 Å². The van der Waals surface area contributed by atoms with Crippen LogP contribution in [-0.4, -0.2) is 35.1 Å². The zero-order chi connectivity index (χ0) is 19.7. The third-order valence-corrected chi connectivity index (χ3v) is 6.46. The van der Waals surface area contributed by atoms with Crippen LogP contribution in [0.25, 0.3) is 0 Å². The van der Waals surface area contributed by atoms with Crippen molar-refractivity contribution >= 4 is 29.3 Å². The molecule has 2 aromatic rings. The third kappa shape index (κ3) is 4.09. The average molecular weight is 395 g/mol. The van der Waals surface area contributed by atoms with Crippen molar-refractivity contribution in [3.63, 3.8) is 0 Å². The van der Waals surface area contributed by atoms with Crippen LogP contribution < -0.4 is 4.90 Å². The molecule has 1 fully saturated rings. The number of hydrogen-bond acceptors (Lipinski definition) is 3. The summed E-state index contributed by atoms with van der Waals surface area (Å²) in [5, 5.41) is 0. The van der Waals surface area contributed by atoms with Crippen molar-refractivity contribution in [2.75, 3.05) is 17.2 Å². The van der Waals surface area contributed by atoms with E-state index in [2.05, 4.69) is 38.1 Å². The van der Waals surface area contributed by atoms with Crippen LogP contribution in [0.5, 0.6) is 0 Å². The Morgan fingerprint density at radius 1 is 1.14 bits per heavy atom. The average Bonchev–Trinajstić information content (AvgIpc) is 3.53. The number of benzene rings is 2. The summed E-state index contributed by atoms with van der Waals surface area (Å²) in [5.74, 6) is 0.933. The molecule has 28 heavy (non-hydrogen) atoms. The molecule has 0 unspecified atom stereocenters. The topological polar surface area (TPSA) is 40.6 Å². The van der Waals surface area contributed by atoms with Crippen molar-refractivity contribution in [1.82, 2.24) is 4.90 Å². The van der Waals surface area contributed by atoms with Gasteiger partial charge in [0.25, 0.3) is 0 Å². The van der Waals surface area contributed by atoms with E-state index in [1.54, 1.807) is 16.7 Å². The Kier molecular flexibility index (Phi) is 5.44. The highest BCUT2D eigenvalue weighted by atomic mass is 32.2. The molecule has 4 nitrogen and oxygen atoms in total. The van der Waals surface area contributed by atoms with E-state index in [9.17, 15) is 9.59 Å². The van der Waals surface area contributed by atoms with Crippen molar-refractivity contribution in [3.8, 4) is 0 Å². The van der Waals surface area contributed by atoms with Crippen LogP contribution in [0.1, 0.15) is 43.7 Å². The predicted octanol–water partition coefficient (Wildman–Crippen LogP) is 4.44. The summed E-state index contributed by atoms with van der Waals surface area (Å²) in [7, 11) is 0. The summed E-state index contributed by atoms with van der Waals surface area (Å²) in [5.41, 5.74) is 3.31. The molecule has 1 heterocycles. The SMILES string of the molecule is CC(C)c1ccc(CN(C(=O)CN2C(=O)CSc3ccccc32)C2CC2)cc1. The number of para-hydroxylation sites is 1. The van der Waals surface area contributed by atoms with Gasteiger partial charge in [0.15, 0.2) is 0 Å². The number of anilines is 1. The number of nitrogens with zero attached hydrogens (tertiary/aromatic N) is 2. The second-order valence-electron chi connectivity index (χ2n) is 7.89. The van der Waals surface area contributed by atoms with Gasteiger partial charge in [0.05, 0.1) is 11.4 Å². The number of carbonyl (C=O) groups excluding carboxylic acids is 2. The minimum absolute atomic E-state index is 0.00841. The van der Waals surface area contributed by atoms with E-state index >= 15 is 0 Å². The van der Waals surface area contributed by atoms with Gasteiger partial charge in [-0.1, -0.05) is 50.2 Å². The molecule has 0 bridgehead atoms. The number of carbonyl (C=O) groups is 2. The quantitative estimate of drug-likeness (QED) is 0.727. The number of rotatable bonds is 6. The molecule has 0 spiro atoms. The Morgan fingerprint density at radius 3 is 2.54 bits per heavy atom. The van der Waals surface area contributed by atoms with E-state index in [0.717, 1.165) is 29.0 Å². The van der Waals surface area contributed by atoms with E-state index in [-0.39, 0.29) is 18.4 Å². The Bertz CT molecular complexity index is 874. The summed E-state index contributed by atoms with van der Waals surface area (Å²) in [4.78, 5) is 30.3. The van der Waals surface area contributed by atoms with Gasteiger partial charge < -0.3 is 9.80 Å². The fourth-order valence-corrected chi connectivity index (χ4v) is 4.50. The smallest absolute Gasteiger partial charge is 0.243 e. The number of amides is 2. The molecule has 0 N–H and O–H groups in total. The molecule has 2 aromatic carbocycles. The highest BCUT2D eigenvalue weighted by Crippen LogP contribution is 2.35. The molecule has 0 radical (unpaired) electrons. The fraction of sp³-hybridized carbons (Fsp3) is 0.391. The molecular formula is C23H26N2O2S. The number of thioether (sulfide) groups is 1. The van der Waals surface area contributed by atoms with Gasteiger partial charge in [0, 0.05) is 17.5 Å². The minimum atomic E-state index is 0.00841. The van der Waals surface area contributed by atoms with Crippen LogP contribution in [0.2, 0.25) is 0 Å². The second-order valence-corrected chi connectivity index (χ2v) is 8.90. The fourth-order valence-electron chi connectivity index (χ4n) is 3.57. The van der Waals surface area contributed by atoms with Gasteiger partial charge in [-0.25, -0.2) is 0 Å². The maximum atomic E-state index is 13.2. The lowest BCUT2D eigenvalue weighted by molar-refractivity contribution is -0.132. The lowest BCUT2D eigenvalue weighted by atomic mass is 10.0. The maximum Gasteiger partial charge on any atom is 0.243 e. The van der Waals surface area contributed by atoms with Crippen LogP contribution in [0.3, 0.4) is 0 Å². The number of hydrogen-bond donors (Lipinski definition) is 0. The zero-order valence-corrected chi connectivity index (χ0v) is 17.2. The first-order valence-corrected chi connectivity index (χ1v) is 10.9. The molecule has 0 aromatic heterocycles. The Balaban J connectivity index is 1.49. The summed E-state index contributed by atoms with van der Waals surface area (Å²) < 4.78 is 0. The summed E-state index contributed by atoms with van der Waals surface area (Å²) in [6.07, 6.45) is 2.10. The predicted molar refractivity (Wildman–Crippen MR) is 114 cm³/mol. The Hall–Kier alpha value is -2.27. The van der Waals surface area contributed by atoms with E-state index in [4.69, 9.17) is 0 Å². The Labute approximate surface area is 170 Å². The molecule has 2 aliphatic rings. The molecule has 5 heteroatoms. The largest absolute Gasteiger partial charge is 0.334 e. The van der Waals surface area contributed by atoms with Gasteiger partial charge in [-0.05, 0) is 42.0 Å². The highest BCUT2D eigenvalue weighted by molar-refractivity contribution is 8.00. The molecule has 0 atom stereocenters. The normalized spacial score (nSPS) is 16.2. The zero-order valence-electron chi connectivity index (χ0n) is 16.4. The van der Waals surface area contributed by atoms with Crippen molar-refractivity contribution in [2.24, 2.45) is 0 Å². The van der Waals surface area contributed by atoms with Gasteiger partial charge >= 0.3 is 0 Å². The van der Waals surface area contributed by atoms with Crippen molar-refractivity contribution in [2.45, 2.75) is 50.1 Å². The van der Waals surface area contributed by atoms with E-state index in [0.29, 0.717) is 24.3 Å². The van der Waals surface area contributed by atoms with E-state index < -0.39 is 0 Å². The van der Waals surface area contributed by atoms with Crippen LogP contribution in [0.15, 0.2) is 53.4 Å². The highest BCUT2D eigenvalue weighted by Gasteiger charge is 2.35. The minimum Gasteiger partial charge on any atom is -0.334 e. The lowest BCUT2D eigenvalue weighted by Gasteiger charge is -2.31. The lowest BCUT2D eigenvalue weighted by Crippen LogP contribution is -2.45. The summed E-state index contributed by atoms with van der Waals surface area (Å²) in [6.45, 7) is 5.10. The Morgan fingerprint density at radius 2 is 1.86 bits per heavy atom. The standard InChI is InChI=1S/C23H26N2O2S/c1-16(2)18-9-7-17(8-10-18)13-24(19-11-12-19)22(26)14-25-20-5-3-4-6-21(20)28-15-23(25)27/h3-10,16,19H,11-15H2,1-2H3. The van der Waals surface area contributed by atoms with Crippen LogP contribution in [0.4, 0.5) is 5.69 Å². The van der Waals surface area contributed by atoms with E-state index in [1.165, 1.54) is 5.56 Å². The molecule has 1 aliphatic heterocycles.